The molecule has 0 amide bonds. The first-order valence-electron chi connectivity index (χ1n) is 6.06. The van der Waals surface area contributed by atoms with Gasteiger partial charge in [-0.05, 0) is 25.7 Å². The molecule has 0 heterocycles. The molecule has 0 aliphatic carbocycles. The third-order valence-corrected chi connectivity index (χ3v) is 2.57. The van der Waals surface area contributed by atoms with Crippen molar-refractivity contribution >= 4 is 5.97 Å². The highest BCUT2D eigenvalue weighted by Crippen LogP contribution is 2.09. The zero-order chi connectivity index (χ0) is 11.5. The zero-order valence-electron chi connectivity index (χ0n) is 10.0. The van der Waals surface area contributed by atoms with Crippen LogP contribution in [0.25, 0.3) is 0 Å². The molecule has 0 bridgehead atoms. The van der Waals surface area contributed by atoms with E-state index in [0.717, 1.165) is 25.7 Å². The Bertz CT molecular complexity index is 185. The van der Waals surface area contributed by atoms with Crippen LogP contribution in [0.2, 0.25) is 0 Å². The summed E-state index contributed by atoms with van der Waals surface area (Å²) in [5, 5.41) is 8.67. The van der Waals surface area contributed by atoms with Crippen molar-refractivity contribution in [3.63, 3.8) is 0 Å². The van der Waals surface area contributed by atoms with Crippen LogP contribution in [0.5, 0.6) is 0 Å². The molecule has 1 atom stereocenters. The zero-order valence-corrected chi connectivity index (χ0v) is 10.0. The molecule has 0 aromatic heterocycles. The van der Waals surface area contributed by atoms with Crippen molar-refractivity contribution in [1.82, 2.24) is 0 Å². The molecule has 0 fully saturated rings. The number of unbranched alkanes of at least 4 members (excludes halogenated alkanes) is 4. The van der Waals surface area contributed by atoms with Gasteiger partial charge < -0.3 is 5.11 Å². The number of carbonyl (C=O) groups is 1. The van der Waals surface area contributed by atoms with Crippen molar-refractivity contribution in [2.75, 3.05) is 0 Å². The summed E-state index contributed by atoms with van der Waals surface area (Å²) in [4.78, 5) is 10.5. The van der Waals surface area contributed by atoms with Crippen LogP contribution >= 0.6 is 0 Å². The molecule has 15 heavy (non-hydrogen) atoms. The number of rotatable bonds is 9. The van der Waals surface area contributed by atoms with Crippen LogP contribution in [0.15, 0.2) is 12.2 Å². The Labute approximate surface area is 93.4 Å². The lowest BCUT2D eigenvalue weighted by Crippen LogP contribution is -2.08. The van der Waals surface area contributed by atoms with Gasteiger partial charge in [0, 0.05) is 0 Å². The SMILES string of the molecule is CCCC/C=C\CCCCC(C)C(=O)O. The summed E-state index contributed by atoms with van der Waals surface area (Å²) in [6.07, 6.45) is 12.2. The van der Waals surface area contributed by atoms with E-state index < -0.39 is 5.97 Å². The molecular weight excluding hydrogens is 188 g/mol. The predicted molar refractivity (Wildman–Crippen MR) is 63.9 cm³/mol. The van der Waals surface area contributed by atoms with Crippen LogP contribution in [-0.4, -0.2) is 11.1 Å². The molecule has 0 aliphatic heterocycles. The van der Waals surface area contributed by atoms with Gasteiger partial charge in [0.15, 0.2) is 0 Å². The quantitative estimate of drug-likeness (QED) is 0.463. The van der Waals surface area contributed by atoms with E-state index in [1.165, 1.54) is 19.3 Å². The summed E-state index contributed by atoms with van der Waals surface area (Å²) in [7, 11) is 0. The van der Waals surface area contributed by atoms with Crippen molar-refractivity contribution in [1.29, 1.82) is 0 Å². The van der Waals surface area contributed by atoms with Gasteiger partial charge in [0.25, 0.3) is 0 Å². The second-order valence-electron chi connectivity index (χ2n) is 4.14. The monoisotopic (exact) mass is 212 g/mol. The number of aliphatic carboxylic acids is 1. The molecule has 2 nitrogen and oxygen atoms in total. The van der Waals surface area contributed by atoms with Gasteiger partial charge in [-0.15, -0.1) is 0 Å². The average molecular weight is 212 g/mol. The highest BCUT2D eigenvalue weighted by molar-refractivity contribution is 5.69. The highest BCUT2D eigenvalue weighted by Gasteiger charge is 2.08. The molecule has 2 heteroatoms. The molecule has 0 saturated heterocycles. The molecule has 0 spiro atoms. The third-order valence-electron chi connectivity index (χ3n) is 2.57. The maximum atomic E-state index is 10.5. The lowest BCUT2D eigenvalue weighted by Gasteiger charge is -2.03. The van der Waals surface area contributed by atoms with Crippen LogP contribution < -0.4 is 0 Å². The Morgan fingerprint density at radius 1 is 1.20 bits per heavy atom. The lowest BCUT2D eigenvalue weighted by atomic mass is 10.0. The molecule has 0 aliphatic rings. The van der Waals surface area contributed by atoms with E-state index in [-0.39, 0.29) is 5.92 Å². The molecule has 88 valence electrons. The largest absolute Gasteiger partial charge is 0.481 e. The minimum atomic E-state index is -0.673. The van der Waals surface area contributed by atoms with Crippen molar-refractivity contribution in [3.8, 4) is 0 Å². The smallest absolute Gasteiger partial charge is 0.306 e. The van der Waals surface area contributed by atoms with Gasteiger partial charge in [0.1, 0.15) is 0 Å². The molecule has 0 rings (SSSR count). The van der Waals surface area contributed by atoms with Crippen LogP contribution in [0, 0.1) is 5.92 Å². The third kappa shape index (κ3) is 9.51. The maximum absolute atomic E-state index is 10.5. The number of hydrogen-bond donors (Lipinski definition) is 1. The summed E-state index contributed by atoms with van der Waals surface area (Å²) < 4.78 is 0. The normalized spacial score (nSPS) is 13.2. The fraction of sp³-hybridized carbons (Fsp3) is 0.769. The summed E-state index contributed by atoms with van der Waals surface area (Å²) in [5.74, 6) is -0.859. The van der Waals surface area contributed by atoms with Gasteiger partial charge in [0.2, 0.25) is 0 Å². The molecule has 1 unspecified atom stereocenters. The second-order valence-corrected chi connectivity index (χ2v) is 4.14. The first kappa shape index (κ1) is 14.2. The summed E-state index contributed by atoms with van der Waals surface area (Å²) in [6, 6.07) is 0. The van der Waals surface area contributed by atoms with Crippen LogP contribution in [0.4, 0.5) is 0 Å². The summed E-state index contributed by atoms with van der Waals surface area (Å²) in [5.41, 5.74) is 0. The molecular formula is C13H24O2. The molecule has 0 aromatic carbocycles. The van der Waals surface area contributed by atoms with Gasteiger partial charge in [-0.2, -0.15) is 0 Å². The van der Waals surface area contributed by atoms with Gasteiger partial charge in [-0.3, -0.25) is 4.79 Å². The van der Waals surface area contributed by atoms with E-state index in [0.29, 0.717) is 0 Å². The standard InChI is InChI=1S/C13H24O2/c1-3-4-5-6-7-8-9-10-11-12(2)13(14)15/h6-7,12H,3-5,8-11H2,1-2H3,(H,14,15)/b7-6-. The Hall–Kier alpha value is -0.790. The highest BCUT2D eigenvalue weighted by atomic mass is 16.4. The second kappa shape index (κ2) is 9.75. The van der Waals surface area contributed by atoms with E-state index in [9.17, 15) is 4.79 Å². The van der Waals surface area contributed by atoms with Crippen molar-refractivity contribution in [2.45, 2.75) is 58.8 Å². The van der Waals surface area contributed by atoms with E-state index in [1.54, 1.807) is 6.92 Å². The van der Waals surface area contributed by atoms with E-state index >= 15 is 0 Å². The Kier molecular flexibility index (Phi) is 9.24. The van der Waals surface area contributed by atoms with E-state index in [1.807, 2.05) is 0 Å². The first-order valence-corrected chi connectivity index (χ1v) is 6.06. The predicted octanol–water partition coefficient (Wildman–Crippen LogP) is 4.01. The molecule has 1 N–H and O–H groups in total. The van der Waals surface area contributed by atoms with Crippen molar-refractivity contribution in [3.05, 3.63) is 12.2 Å². The van der Waals surface area contributed by atoms with Crippen LogP contribution in [0.1, 0.15) is 58.8 Å². The number of carboxylic acids is 1. The minimum absolute atomic E-state index is 0.186. The first-order chi connectivity index (χ1) is 7.18. The number of carboxylic acid groups (broad SMARTS) is 1. The Morgan fingerprint density at radius 3 is 2.33 bits per heavy atom. The maximum Gasteiger partial charge on any atom is 0.306 e. The molecule has 0 saturated carbocycles. The lowest BCUT2D eigenvalue weighted by molar-refractivity contribution is -0.141. The molecule has 0 aromatic rings. The summed E-state index contributed by atoms with van der Waals surface area (Å²) in [6.45, 7) is 3.97. The summed E-state index contributed by atoms with van der Waals surface area (Å²) >= 11 is 0. The fourth-order valence-corrected chi connectivity index (χ4v) is 1.39. The van der Waals surface area contributed by atoms with Crippen LogP contribution in [-0.2, 0) is 4.79 Å². The number of allylic oxidation sites excluding steroid dienone is 2. The fourth-order valence-electron chi connectivity index (χ4n) is 1.39. The minimum Gasteiger partial charge on any atom is -0.481 e. The Morgan fingerprint density at radius 2 is 1.80 bits per heavy atom. The van der Waals surface area contributed by atoms with Gasteiger partial charge in [0.05, 0.1) is 5.92 Å². The van der Waals surface area contributed by atoms with Gasteiger partial charge >= 0.3 is 5.97 Å². The number of hydrogen-bond acceptors (Lipinski definition) is 1. The van der Waals surface area contributed by atoms with Crippen LogP contribution in [0.3, 0.4) is 0 Å². The van der Waals surface area contributed by atoms with Gasteiger partial charge in [-0.25, -0.2) is 0 Å². The average Bonchev–Trinajstić information content (AvgIpc) is 2.21. The van der Waals surface area contributed by atoms with Crippen molar-refractivity contribution in [2.24, 2.45) is 5.92 Å². The Balaban J connectivity index is 3.24. The van der Waals surface area contributed by atoms with Crippen molar-refractivity contribution < 1.29 is 9.90 Å². The van der Waals surface area contributed by atoms with Gasteiger partial charge in [-0.1, -0.05) is 45.3 Å². The topological polar surface area (TPSA) is 37.3 Å². The van der Waals surface area contributed by atoms with E-state index in [4.69, 9.17) is 5.11 Å². The van der Waals surface area contributed by atoms with E-state index in [2.05, 4.69) is 19.1 Å². The molecule has 0 radical (unpaired) electrons.